The van der Waals surface area contributed by atoms with Crippen molar-refractivity contribution in [1.29, 1.82) is 0 Å². The zero-order valence-electron chi connectivity index (χ0n) is 10.3. The number of aliphatic carboxylic acids is 1. The topological polar surface area (TPSA) is 84.9 Å². The van der Waals surface area contributed by atoms with Crippen LogP contribution in [0, 0.1) is 0 Å². The van der Waals surface area contributed by atoms with Gasteiger partial charge in [0.05, 0.1) is 0 Å². The summed E-state index contributed by atoms with van der Waals surface area (Å²) in [6.45, 7) is 3.06. The van der Waals surface area contributed by atoms with Gasteiger partial charge in [0, 0.05) is 32.2 Å². The molecule has 98 valence electrons. The highest BCUT2D eigenvalue weighted by molar-refractivity contribution is 5.79. The smallest absolute Gasteiger partial charge is 0.323 e. The molecule has 1 fully saturated rings. The summed E-state index contributed by atoms with van der Waals surface area (Å²) >= 11 is 0. The number of piperazine rings is 1. The molecule has 1 saturated heterocycles. The third-order valence-corrected chi connectivity index (χ3v) is 2.88. The lowest BCUT2D eigenvalue weighted by Gasteiger charge is -2.37. The van der Waals surface area contributed by atoms with Gasteiger partial charge in [0.15, 0.2) is 0 Å². The fourth-order valence-corrected chi connectivity index (χ4v) is 1.75. The van der Waals surface area contributed by atoms with Crippen LogP contribution in [0.2, 0.25) is 0 Å². The molecule has 1 atom stereocenters. The van der Waals surface area contributed by atoms with Gasteiger partial charge in [-0.25, -0.2) is 4.79 Å². The molecule has 2 amide bonds. The first-order chi connectivity index (χ1) is 7.99. The van der Waals surface area contributed by atoms with Crippen molar-refractivity contribution in [2.75, 3.05) is 46.8 Å². The number of carboxylic acids is 1. The van der Waals surface area contributed by atoms with Crippen molar-refractivity contribution in [2.24, 2.45) is 0 Å². The van der Waals surface area contributed by atoms with Crippen molar-refractivity contribution in [2.45, 2.75) is 6.04 Å². The van der Waals surface area contributed by atoms with Gasteiger partial charge in [-0.2, -0.15) is 0 Å². The minimum Gasteiger partial charge on any atom is -0.480 e. The van der Waals surface area contributed by atoms with Gasteiger partial charge in [-0.05, 0) is 14.1 Å². The predicted molar refractivity (Wildman–Crippen MR) is 63.0 cm³/mol. The van der Waals surface area contributed by atoms with Gasteiger partial charge in [-0.3, -0.25) is 9.69 Å². The lowest BCUT2D eigenvalue weighted by molar-refractivity contribution is -0.135. The minimum absolute atomic E-state index is 0.268. The second-order valence-electron chi connectivity index (χ2n) is 4.35. The van der Waals surface area contributed by atoms with Crippen LogP contribution >= 0.6 is 0 Å². The average Bonchev–Trinajstić information content (AvgIpc) is 2.27. The molecule has 0 aliphatic carbocycles. The van der Waals surface area contributed by atoms with Crippen LogP contribution in [0.5, 0.6) is 0 Å². The quantitative estimate of drug-likeness (QED) is 0.567. The van der Waals surface area contributed by atoms with Crippen LogP contribution in [-0.4, -0.2) is 79.8 Å². The SMILES string of the molecule is CN1CCN(C)C(CNC(=O)NCC(=O)O)C1. The van der Waals surface area contributed by atoms with Crippen molar-refractivity contribution < 1.29 is 14.7 Å². The largest absolute Gasteiger partial charge is 0.480 e. The molecule has 17 heavy (non-hydrogen) atoms. The van der Waals surface area contributed by atoms with E-state index in [1.807, 2.05) is 14.1 Å². The molecule has 1 rings (SSSR count). The van der Waals surface area contributed by atoms with Crippen LogP contribution in [0.3, 0.4) is 0 Å². The van der Waals surface area contributed by atoms with E-state index in [9.17, 15) is 9.59 Å². The fourth-order valence-electron chi connectivity index (χ4n) is 1.75. The van der Waals surface area contributed by atoms with Gasteiger partial charge in [0.1, 0.15) is 6.54 Å². The van der Waals surface area contributed by atoms with E-state index in [0.717, 1.165) is 19.6 Å². The highest BCUT2D eigenvalue weighted by Gasteiger charge is 2.22. The lowest BCUT2D eigenvalue weighted by atomic mass is 10.2. The molecule has 7 heteroatoms. The zero-order valence-corrected chi connectivity index (χ0v) is 10.3. The average molecular weight is 244 g/mol. The van der Waals surface area contributed by atoms with Crippen LogP contribution < -0.4 is 10.6 Å². The molecule has 7 nitrogen and oxygen atoms in total. The summed E-state index contributed by atoms with van der Waals surface area (Å²) in [6.07, 6.45) is 0. The van der Waals surface area contributed by atoms with E-state index in [4.69, 9.17) is 5.11 Å². The Morgan fingerprint density at radius 3 is 2.65 bits per heavy atom. The maximum Gasteiger partial charge on any atom is 0.323 e. The Kier molecular flexibility index (Phi) is 5.17. The number of likely N-dealkylation sites (N-methyl/N-ethyl adjacent to an activating group) is 2. The number of rotatable bonds is 4. The molecule has 0 spiro atoms. The highest BCUT2D eigenvalue weighted by atomic mass is 16.4. The highest BCUT2D eigenvalue weighted by Crippen LogP contribution is 2.04. The number of carbonyl (C=O) groups excluding carboxylic acids is 1. The Bertz CT molecular complexity index is 285. The van der Waals surface area contributed by atoms with E-state index in [2.05, 4.69) is 20.4 Å². The van der Waals surface area contributed by atoms with Gasteiger partial charge in [0.2, 0.25) is 0 Å². The number of amides is 2. The number of hydrogen-bond acceptors (Lipinski definition) is 4. The van der Waals surface area contributed by atoms with Crippen molar-refractivity contribution in [3.63, 3.8) is 0 Å². The zero-order chi connectivity index (χ0) is 12.8. The Hall–Kier alpha value is -1.34. The van der Waals surface area contributed by atoms with E-state index in [1.165, 1.54) is 0 Å². The number of nitrogens with one attached hydrogen (secondary N) is 2. The number of urea groups is 1. The van der Waals surface area contributed by atoms with Crippen LogP contribution in [0.1, 0.15) is 0 Å². The molecule has 0 radical (unpaired) electrons. The molecule has 0 aromatic rings. The molecular weight excluding hydrogens is 224 g/mol. The Labute approximate surface area is 101 Å². The summed E-state index contributed by atoms with van der Waals surface area (Å²) in [6, 6.07) is -0.168. The third-order valence-electron chi connectivity index (χ3n) is 2.88. The summed E-state index contributed by atoms with van der Waals surface area (Å²) < 4.78 is 0. The first-order valence-electron chi connectivity index (χ1n) is 5.61. The maximum absolute atomic E-state index is 11.3. The molecule has 0 saturated carbocycles. The molecule has 1 aliphatic heterocycles. The van der Waals surface area contributed by atoms with E-state index in [1.54, 1.807) is 0 Å². The van der Waals surface area contributed by atoms with E-state index < -0.39 is 12.0 Å². The van der Waals surface area contributed by atoms with E-state index in [0.29, 0.717) is 6.54 Å². The third kappa shape index (κ3) is 5.01. The summed E-state index contributed by atoms with van der Waals surface area (Å²) in [5.74, 6) is -1.05. The monoisotopic (exact) mass is 244 g/mol. The molecule has 3 N–H and O–H groups in total. The van der Waals surface area contributed by atoms with Crippen molar-refractivity contribution in [3.05, 3.63) is 0 Å². The van der Waals surface area contributed by atoms with Crippen LogP contribution in [0.25, 0.3) is 0 Å². The minimum atomic E-state index is -1.05. The van der Waals surface area contributed by atoms with Crippen LogP contribution in [0.4, 0.5) is 4.79 Å². The molecule has 1 heterocycles. The number of carboxylic acid groups (broad SMARTS) is 1. The van der Waals surface area contributed by atoms with Gasteiger partial charge < -0.3 is 20.6 Å². The van der Waals surface area contributed by atoms with Crippen molar-refractivity contribution >= 4 is 12.0 Å². The standard InChI is InChI=1S/C10H20N4O3/c1-13-3-4-14(2)8(7-13)5-11-10(17)12-6-9(15)16/h8H,3-7H2,1-2H3,(H,15,16)(H2,11,12,17). The number of carbonyl (C=O) groups is 2. The Balaban J connectivity index is 2.24. The normalized spacial score (nSPS) is 22.1. The molecule has 0 aromatic carbocycles. The summed E-state index contributed by atoms with van der Waals surface area (Å²) in [4.78, 5) is 25.9. The fraction of sp³-hybridized carbons (Fsp3) is 0.800. The number of hydrogen-bond donors (Lipinski definition) is 3. The Morgan fingerprint density at radius 2 is 2.00 bits per heavy atom. The van der Waals surface area contributed by atoms with E-state index in [-0.39, 0.29) is 12.6 Å². The Morgan fingerprint density at radius 1 is 1.29 bits per heavy atom. The van der Waals surface area contributed by atoms with Gasteiger partial charge in [-0.15, -0.1) is 0 Å². The summed E-state index contributed by atoms with van der Waals surface area (Å²) in [5.41, 5.74) is 0. The first kappa shape index (κ1) is 13.7. The van der Waals surface area contributed by atoms with Crippen molar-refractivity contribution in [3.8, 4) is 0 Å². The van der Waals surface area contributed by atoms with Gasteiger partial charge >= 0.3 is 12.0 Å². The molecule has 0 aromatic heterocycles. The molecule has 1 unspecified atom stereocenters. The predicted octanol–water partition coefficient (Wildman–Crippen LogP) is -1.38. The summed E-state index contributed by atoms with van der Waals surface area (Å²) in [5, 5.41) is 13.3. The summed E-state index contributed by atoms with van der Waals surface area (Å²) in [7, 11) is 4.07. The second kappa shape index (κ2) is 6.41. The van der Waals surface area contributed by atoms with Gasteiger partial charge in [0.25, 0.3) is 0 Å². The molecule has 1 aliphatic rings. The molecular formula is C10H20N4O3. The lowest BCUT2D eigenvalue weighted by Crippen LogP contribution is -2.55. The van der Waals surface area contributed by atoms with Gasteiger partial charge in [-0.1, -0.05) is 0 Å². The maximum atomic E-state index is 11.3. The van der Waals surface area contributed by atoms with Crippen molar-refractivity contribution in [1.82, 2.24) is 20.4 Å². The van der Waals surface area contributed by atoms with Crippen LogP contribution in [-0.2, 0) is 4.79 Å². The number of nitrogens with zero attached hydrogens (tertiary/aromatic N) is 2. The van der Waals surface area contributed by atoms with E-state index >= 15 is 0 Å². The molecule has 0 bridgehead atoms. The first-order valence-corrected chi connectivity index (χ1v) is 5.61. The second-order valence-corrected chi connectivity index (χ2v) is 4.35. The van der Waals surface area contributed by atoms with Crippen LogP contribution in [0.15, 0.2) is 0 Å².